The molecule has 0 spiro atoms. The number of carbonyl (C=O) groups excluding carboxylic acids is 2. The zero-order chi connectivity index (χ0) is 31.5. The molecule has 0 saturated heterocycles. The number of hydrogen-bond donors (Lipinski definition) is 1. The molecule has 1 atom stereocenters. The standard InChI is InChI=1S/C34H37N3O5S2/c1-4-42-32-18-12-11-17-30(32)37(44(40,41)29-21-19-28(43-3)20-22-29)25-33(38)36(24-27-15-9-6-10-16-27)31(34(39)35-2)23-26-13-7-5-8-14-26/h5-22,31H,4,23-25H2,1-3H3,(H,35,39)/t31-/m1/s1. The van der Waals surface area contributed by atoms with E-state index in [1.54, 1.807) is 43.3 Å². The molecule has 4 aromatic carbocycles. The van der Waals surface area contributed by atoms with E-state index in [1.165, 1.54) is 35.8 Å². The fourth-order valence-electron chi connectivity index (χ4n) is 4.83. The molecular formula is C34H37N3O5S2. The molecule has 0 unspecified atom stereocenters. The predicted octanol–water partition coefficient (Wildman–Crippen LogP) is 5.39. The summed E-state index contributed by atoms with van der Waals surface area (Å²) in [6, 6.07) is 31.1. The van der Waals surface area contributed by atoms with Gasteiger partial charge in [-0.2, -0.15) is 0 Å². The molecule has 230 valence electrons. The molecule has 1 N–H and O–H groups in total. The number of ether oxygens (including phenoxy) is 1. The van der Waals surface area contributed by atoms with Crippen LogP contribution in [0, 0.1) is 0 Å². The van der Waals surface area contributed by atoms with Crippen molar-refractivity contribution in [3.05, 3.63) is 120 Å². The number of nitrogens with zero attached hydrogens (tertiary/aromatic N) is 2. The van der Waals surface area contributed by atoms with Crippen LogP contribution in [0.3, 0.4) is 0 Å². The van der Waals surface area contributed by atoms with Gasteiger partial charge in [0.2, 0.25) is 11.8 Å². The van der Waals surface area contributed by atoms with Crippen molar-refractivity contribution in [1.29, 1.82) is 0 Å². The quantitative estimate of drug-likeness (QED) is 0.188. The fourth-order valence-corrected chi connectivity index (χ4v) is 6.66. The zero-order valence-corrected chi connectivity index (χ0v) is 26.7. The van der Waals surface area contributed by atoms with Gasteiger partial charge in [0.1, 0.15) is 18.3 Å². The normalized spacial score (nSPS) is 11.8. The van der Waals surface area contributed by atoms with Crippen LogP contribution in [-0.2, 0) is 32.6 Å². The Morgan fingerprint density at radius 3 is 2.02 bits per heavy atom. The van der Waals surface area contributed by atoms with Crippen LogP contribution >= 0.6 is 11.8 Å². The van der Waals surface area contributed by atoms with Gasteiger partial charge in [-0.25, -0.2) is 8.42 Å². The maximum Gasteiger partial charge on any atom is 0.264 e. The molecule has 0 aliphatic heterocycles. The number of thioether (sulfide) groups is 1. The van der Waals surface area contributed by atoms with Gasteiger partial charge < -0.3 is 15.0 Å². The van der Waals surface area contributed by atoms with Crippen LogP contribution in [-0.4, -0.2) is 57.6 Å². The lowest BCUT2D eigenvalue weighted by Crippen LogP contribution is -2.53. The van der Waals surface area contributed by atoms with Crippen LogP contribution in [0.5, 0.6) is 5.75 Å². The molecule has 10 heteroatoms. The van der Waals surface area contributed by atoms with E-state index < -0.39 is 28.5 Å². The van der Waals surface area contributed by atoms with Gasteiger partial charge in [-0.05, 0) is 60.7 Å². The summed E-state index contributed by atoms with van der Waals surface area (Å²) in [7, 11) is -2.71. The number of likely N-dealkylation sites (N-methyl/N-ethyl adjacent to an activating group) is 1. The third-order valence-corrected chi connectivity index (χ3v) is 9.59. The van der Waals surface area contributed by atoms with Crippen LogP contribution in [0.1, 0.15) is 18.1 Å². The number of sulfonamides is 1. The van der Waals surface area contributed by atoms with Crippen molar-refractivity contribution in [3.63, 3.8) is 0 Å². The van der Waals surface area contributed by atoms with E-state index in [2.05, 4.69) is 5.32 Å². The van der Waals surface area contributed by atoms with Gasteiger partial charge in [0.05, 0.1) is 17.2 Å². The molecular weight excluding hydrogens is 595 g/mol. The van der Waals surface area contributed by atoms with E-state index in [-0.39, 0.29) is 29.5 Å². The van der Waals surface area contributed by atoms with Crippen molar-refractivity contribution in [2.24, 2.45) is 0 Å². The van der Waals surface area contributed by atoms with E-state index >= 15 is 0 Å². The largest absolute Gasteiger partial charge is 0.492 e. The number of anilines is 1. The van der Waals surface area contributed by atoms with Crippen LogP contribution in [0.25, 0.3) is 0 Å². The van der Waals surface area contributed by atoms with Crippen LogP contribution in [0.4, 0.5) is 5.69 Å². The van der Waals surface area contributed by atoms with Crippen molar-refractivity contribution in [2.75, 3.05) is 30.8 Å². The van der Waals surface area contributed by atoms with Crippen molar-refractivity contribution in [2.45, 2.75) is 35.7 Å². The zero-order valence-electron chi connectivity index (χ0n) is 25.1. The molecule has 2 amide bonds. The Bertz CT molecular complexity index is 1630. The smallest absolute Gasteiger partial charge is 0.264 e. The summed E-state index contributed by atoms with van der Waals surface area (Å²) in [6.45, 7) is 1.66. The Morgan fingerprint density at radius 2 is 1.43 bits per heavy atom. The first kappa shape index (κ1) is 32.6. The molecule has 0 aliphatic rings. The highest BCUT2D eigenvalue weighted by Gasteiger charge is 2.35. The summed E-state index contributed by atoms with van der Waals surface area (Å²) in [5, 5.41) is 2.70. The number of nitrogens with one attached hydrogen (secondary N) is 1. The number of amides is 2. The van der Waals surface area contributed by atoms with Gasteiger partial charge in [-0.3, -0.25) is 13.9 Å². The fraction of sp³-hybridized carbons (Fsp3) is 0.235. The first-order valence-electron chi connectivity index (χ1n) is 14.3. The summed E-state index contributed by atoms with van der Waals surface area (Å²) in [5.74, 6) is -0.558. The highest BCUT2D eigenvalue weighted by Crippen LogP contribution is 2.33. The predicted molar refractivity (Wildman–Crippen MR) is 175 cm³/mol. The Hall–Kier alpha value is -4.28. The van der Waals surface area contributed by atoms with E-state index in [1.807, 2.05) is 66.9 Å². The molecule has 0 radical (unpaired) electrons. The number of carbonyl (C=O) groups is 2. The number of benzene rings is 4. The minimum Gasteiger partial charge on any atom is -0.492 e. The maximum atomic E-state index is 14.4. The first-order chi connectivity index (χ1) is 21.3. The Morgan fingerprint density at radius 1 is 0.841 bits per heavy atom. The molecule has 0 saturated carbocycles. The molecule has 4 rings (SSSR count). The average Bonchev–Trinajstić information content (AvgIpc) is 3.06. The minimum atomic E-state index is -4.24. The first-order valence-corrected chi connectivity index (χ1v) is 16.9. The maximum absolute atomic E-state index is 14.4. The van der Waals surface area contributed by atoms with E-state index in [4.69, 9.17) is 4.74 Å². The highest BCUT2D eigenvalue weighted by molar-refractivity contribution is 7.98. The van der Waals surface area contributed by atoms with Gasteiger partial charge in [0.25, 0.3) is 10.0 Å². The Kier molecular flexibility index (Phi) is 11.5. The van der Waals surface area contributed by atoms with E-state index in [0.717, 1.165) is 20.3 Å². The number of rotatable bonds is 14. The third kappa shape index (κ3) is 8.00. The molecule has 0 bridgehead atoms. The number of para-hydroxylation sites is 2. The number of hydrogen-bond acceptors (Lipinski definition) is 6. The summed E-state index contributed by atoms with van der Waals surface area (Å²) < 4.78 is 35.4. The van der Waals surface area contributed by atoms with Gasteiger partial charge in [0.15, 0.2) is 0 Å². The second-order valence-corrected chi connectivity index (χ2v) is 12.7. The second-order valence-electron chi connectivity index (χ2n) is 9.91. The topological polar surface area (TPSA) is 96.0 Å². The summed E-state index contributed by atoms with van der Waals surface area (Å²) in [5.41, 5.74) is 1.91. The van der Waals surface area contributed by atoms with E-state index in [0.29, 0.717) is 12.4 Å². The van der Waals surface area contributed by atoms with Gasteiger partial charge in [-0.1, -0.05) is 72.8 Å². The lowest BCUT2D eigenvalue weighted by molar-refractivity contribution is -0.139. The van der Waals surface area contributed by atoms with Crippen LogP contribution in [0.2, 0.25) is 0 Å². The lowest BCUT2D eigenvalue weighted by Gasteiger charge is -2.34. The van der Waals surface area contributed by atoms with Crippen molar-refractivity contribution >= 4 is 39.3 Å². The van der Waals surface area contributed by atoms with Crippen LogP contribution < -0.4 is 14.4 Å². The van der Waals surface area contributed by atoms with Crippen molar-refractivity contribution < 1.29 is 22.7 Å². The van der Waals surface area contributed by atoms with Crippen LogP contribution in [0.15, 0.2) is 119 Å². The lowest BCUT2D eigenvalue weighted by atomic mass is 10.0. The summed E-state index contributed by atoms with van der Waals surface area (Å²) in [6.07, 6.45) is 2.16. The molecule has 0 aliphatic carbocycles. The SMILES string of the molecule is CCOc1ccccc1N(CC(=O)N(Cc1ccccc1)[C@H](Cc1ccccc1)C(=O)NC)S(=O)(=O)c1ccc(SC)cc1. The van der Waals surface area contributed by atoms with E-state index in [9.17, 15) is 18.0 Å². The molecule has 4 aromatic rings. The van der Waals surface area contributed by atoms with Crippen molar-refractivity contribution in [3.8, 4) is 5.75 Å². The van der Waals surface area contributed by atoms with Gasteiger partial charge >= 0.3 is 0 Å². The molecule has 0 aromatic heterocycles. The molecule has 44 heavy (non-hydrogen) atoms. The molecule has 0 heterocycles. The minimum absolute atomic E-state index is 0.0381. The van der Waals surface area contributed by atoms with Gasteiger partial charge in [0, 0.05) is 24.9 Å². The Balaban J connectivity index is 1.81. The average molecular weight is 632 g/mol. The summed E-state index contributed by atoms with van der Waals surface area (Å²) in [4.78, 5) is 30.2. The van der Waals surface area contributed by atoms with Crippen molar-refractivity contribution in [1.82, 2.24) is 10.2 Å². The molecule has 0 fully saturated rings. The van der Waals surface area contributed by atoms with Gasteiger partial charge in [-0.15, -0.1) is 11.8 Å². The molecule has 8 nitrogen and oxygen atoms in total. The monoisotopic (exact) mass is 631 g/mol. The highest BCUT2D eigenvalue weighted by atomic mass is 32.2. The third-order valence-electron chi connectivity index (χ3n) is 7.07. The Labute approximate surface area is 264 Å². The second kappa shape index (κ2) is 15.4. The summed E-state index contributed by atoms with van der Waals surface area (Å²) >= 11 is 1.50.